The maximum Gasteiger partial charge on any atom is 0.265 e. The number of nitrogens with one attached hydrogen (secondary N) is 6. The third kappa shape index (κ3) is 16.6. The topological polar surface area (TPSA) is 202 Å². The van der Waals surface area contributed by atoms with E-state index in [0.29, 0.717) is 19.6 Å². The molecule has 6 N–H and O–H groups in total. The van der Waals surface area contributed by atoms with E-state index in [4.69, 9.17) is 14.2 Å². The van der Waals surface area contributed by atoms with Crippen molar-refractivity contribution in [1.82, 2.24) is 16.0 Å². The van der Waals surface area contributed by atoms with Crippen molar-refractivity contribution >= 4 is 52.5 Å². The van der Waals surface area contributed by atoms with Crippen LogP contribution in [0.25, 0.3) is 0 Å². The lowest BCUT2D eigenvalue weighted by Crippen LogP contribution is -2.31. The summed E-state index contributed by atoms with van der Waals surface area (Å²) in [6, 6.07) is 13.4. The molecule has 0 saturated carbocycles. The Morgan fingerprint density at radius 2 is 0.698 bits per heavy atom. The number of hydrogen-bond donors (Lipinski definition) is 6. The molecule has 6 amide bonds. The Labute approximate surface area is 371 Å². The highest BCUT2D eigenvalue weighted by Crippen LogP contribution is 2.28. The lowest BCUT2D eigenvalue weighted by Gasteiger charge is -2.19. The van der Waals surface area contributed by atoms with Crippen molar-refractivity contribution in [2.24, 2.45) is 0 Å². The van der Waals surface area contributed by atoms with E-state index in [-0.39, 0.29) is 51.0 Å². The lowest BCUT2D eigenvalue weighted by molar-refractivity contribution is -0.122. The van der Waals surface area contributed by atoms with Gasteiger partial charge in [0.1, 0.15) is 17.2 Å². The zero-order valence-electron chi connectivity index (χ0n) is 37.7. The van der Waals surface area contributed by atoms with Crippen LogP contribution in [-0.2, 0) is 14.4 Å². The summed E-state index contributed by atoms with van der Waals surface area (Å²) in [7, 11) is 0. The summed E-state index contributed by atoms with van der Waals surface area (Å²) in [5.74, 6) is -2.56. The van der Waals surface area contributed by atoms with Crippen molar-refractivity contribution < 1.29 is 43.0 Å². The van der Waals surface area contributed by atoms with Crippen LogP contribution >= 0.6 is 0 Å². The number of rotatable bonds is 18. The highest BCUT2D eigenvalue weighted by atomic mass is 16.5. The van der Waals surface area contributed by atoms with Gasteiger partial charge in [-0.25, -0.2) is 0 Å². The summed E-state index contributed by atoms with van der Waals surface area (Å²) in [5.41, 5.74) is 1.19. The zero-order valence-corrected chi connectivity index (χ0v) is 37.7. The number of unbranched alkanes of at least 4 members (excludes halogenated alkanes) is 9. The van der Waals surface area contributed by atoms with Gasteiger partial charge < -0.3 is 46.1 Å². The Balaban J connectivity index is 1.73. The molecule has 342 valence electrons. The number of carbonyl (C=O) groups is 6. The van der Waals surface area contributed by atoms with Gasteiger partial charge in [0.05, 0.1) is 0 Å². The quantitative estimate of drug-likeness (QED) is 0.0682. The van der Waals surface area contributed by atoms with Crippen molar-refractivity contribution in [1.29, 1.82) is 0 Å². The first-order valence-corrected chi connectivity index (χ1v) is 22.5. The average molecular weight is 871 g/mol. The number of fused-ring (bicyclic) bond motifs is 6. The maximum absolute atomic E-state index is 13.7. The van der Waals surface area contributed by atoms with E-state index < -0.39 is 53.8 Å². The third-order valence-electron chi connectivity index (χ3n) is 10.3. The van der Waals surface area contributed by atoms with Gasteiger partial charge in [-0.2, -0.15) is 0 Å². The molecular formula is C48H66N6O9. The van der Waals surface area contributed by atoms with Crippen molar-refractivity contribution in [3.63, 3.8) is 0 Å². The largest absolute Gasteiger partial charge is 0.481 e. The van der Waals surface area contributed by atoms with E-state index in [1.807, 2.05) is 0 Å². The van der Waals surface area contributed by atoms with Crippen LogP contribution in [0.4, 0.5) is 17.1 Å². The van der Waals surface area contributed by atoms with E-state index in [2.05, 4.69) is 52.7 Å². The summed E-state index contributed by atoms with van der Waals surface area (Å²) in [4.78, 5) is 81.2. The standard InChI is InChI=1S/C48H66N6O9/c1-7-10-13-16-19-49-46(58)34-22-37-28-40(25-34)61-31(4)44(56)53-38-23-35(47(59)50-20-17-14-11-8-2)27-42(29-38)63-33(6)45(57)54-39-24-36(48(60)51-21-18-15-12-9-3)26-41(30-39)62-32(5)43(55)52-37/h22-33H,7-21H2,1-6H3,(H,49,58)(H,50,59)(H,51,60)(H,52,55)(H,53,56)(H,54,57)/t31-,32-,33-/m1/s1. The fourth-order valence-corrected chi connectivity index (χ4v) is 6.68. The van der Waals surface area contributed by atoms with Crippen molar-refractivity contribution in [2.75, 3.05) is 35.6 Å². The summed E-state index contributed by atoms with van der Waals surface area (Å²) in [6.07, 6.45) is 8.20. The van der Waals surface area contributed by atoms with Crippen molar-refractivity contribution in [2.45, 2.75) is 137 Å². The van der Waals surface area contributed by atoms with Gasteiger partial charge in [0, 0.05) is 71.6 Å². The Bertz CT molecular complexity index is 1810. The first-order valence-electron chi connectivity index (χ1n) is 22.5. The molecule has 0 fully saturated rings. The molecule has 0 aliphatic carbocycles. The van der Waals surface area contributed by atoms with Gasteiger partial charge in [-0.15, -0.1) is 0 Å². The SMILES string of the molecule is CCCCCCNC(=O)c1cc2cc(c1)O[C@H](C)C(=O)Nc1cc(cc(C(=O)NCCCCCC)c1)O[C@H](C)C(=O)Nc1cc(cc(C(=O)NCCCCCC)c1)O[C@H](C)C(=O)N2. The lowest BCUT2D eigenvalue weighted by atomic mass is 10.1. The fourth-order valence-electron chi connectivity index (χ4n) is 6.68. The van der Waals surface area contributed by atoms with Crippen LogP contribution < -0.4 is 46.1 Å². The molecule has 1 aliphatic heterocycles. The highest BCUT2D eigenvalue weighted by molar-refractivity contribution is 6.01. The molecule has 0 unspecified atom stereocenters. The van der Waals surface area contributed by atoms with Crippen LogP contribution in [0.2, 0.25) is 0 Å². The average Bonchev–Trinajstić information content (AvgIpc) is 3.25. The number of carbonyl (C=O) groups excluding carboxylic acids is 6. The van der Waals surface area contributed by atoms with E-state index in [0.717, 1.165) is 77.0 Å². The smallest absolute Gasteiger partial charge is 0.265 e. The Morgan fingerprint density at radius 1 is 0.429 bits per heavy atom. The van der Waals surface area contributed by atoms with Crippen LogP contribution in [-0.4, -0.2) is 73.4 Å². The Kier molecular flexibility index (Phi) is 20.2. The van der Waals surface area contributed by atoms with Gasteiger partial charge >= 0.3 is 0 Å². The van der Waals surface area contributed by atoms with Gasteiger partial charge in [0.2, 0.25) is 0 Å². The molecule has 0 spiro atoms. The predicted octanol–water partition coefficient (Wildman–Crippen LogP) is 8.15. The number of anilines is 3. The maximum atomic E-state index is 13.7. The number of benzene rings is 3. The molecule has 3 atom stereocenters. The number of hydrogen-bond acceptors (Lipinski definition) is 9. The van der Waals surface area contributed by atoms with Gasteiger partial charge in [0.25, 0.3) is 35.4 Å². The van der Waals surface area contributed by atoms with Crippen LogP contribution in [0.1, 0.15) is 150 Å². The second kappa shape index (κ2) is 25.7. The van der Waals surface area contributed by atoms with E-state index in [1.54, 1.807) is 0 Å². The molecule has 1 heterocycles. The minimum atomic E-state index is -1.13. The number of amides is 6. The van der Waals surface area contributed by atoms with E-state index in [9.17, 15) is 28.8 Å². The fraction of sp³-hybridized carbons (Fsp3) is 0.500. The molecule has 63 heavy (non-hydrogen) atoms. The molecule has 0 radical (unpaired) electrons. The van der Waals surface area contributed by atoms with Crippen molar-refractivity contribution in [3.8, 4) is 17.2 Å². The van der Waals surface area contributed by atoms with Gasteiger partial charge in [0.15, 0.2) is 18.3 Å². The number of ether oxygens (including phenoxy) is 3. The van der Waals surface area contributed by atoms with E-state index in [1.165, 1.54) is 75.4 Å². The van der Waals surface area contributed by atoms with Crippen molar-refractivity contribution in [3.05, 3.63) is 71.3 Å². The molecule has 3 aromatic rings. The molecule has 15 heteroatoms. The van der Waals surface area contributed by atoms with Gasteiger partial charge in [-0.3, -0.25) is 28.8 Å². The molecular weight excluding hydrogens is 805 g/mol. The van der Waals surface area contributed by atoms with Crippen LogP contribution in [0.3, 0.4) is 0 Å². The monoisotopic (exact) mass is 870 g/mol. The van der Waals surface area contributed by atoms with Crippen LogP contribution in [0, 0.1) is 0 Å². The summed E-state index contributed by atoms with van der Waals surface area (Å²) >= 11 is 0. The molecule has 1 aliphatic rings. The summed E-state index contributed by atoms with van der Waals surface area (Å²) in [6.45, 7) is 12.2. The first kappa shape index (κ1) is 49.5. The normalized spacial score (nSPS) is 16.7. The molecule has 0 saturated heterocycles. The molecule has 6 bridgehead atoms. The molecule has 0 aromatic heterocycles. The third-order valence-corrected chi connectivity index (χ3v) is 10.3. The first-order chi connectivity index (χ1) is 30.3. The molecule has 15 nitrogen and oxygen atoms in total. The van der Waals surface area contributed by atoms with Crippen LogP contribution in [0.15, 0.2) is 54.6 Å². The summed E-state index contributed by atoms with van der Waals surface area (Å²) < 4.78 is 18.2. The molecule has 3 aromatic carbocycles. The minimum Gasteiger partial charge on any atom is -0.481 e. The minimum absolute atomic E-state index is 0.128. The zero-order chi connectivity index (χ0) is 45.7. The Hall–Kier alpha value is -6.12. The van der Waals surface area contributed by atoms with E-state index >= 15 is 0 Å². The van der Waals surface area contributed by atoms with Gasteiger partial charge in [-0.05, 0) is 76.4 Å². The second-order valence-corrected chi connectivity index (χ2v) is 15.9. The van der Waals surface area contributed by atoms with Gasteiger partial charge in [-0.1, -0.05) is 78.6 Å². The van der Waals surface area contributed by atoms with Crippen LogP contribution in [0.5, 0.6) is 17.2 Å². The summed E-state index contributed by atoms with van der Waals surface area (Å²) in [5, 5.41) is 17.1. The predicted molar refractivity (Wildman–Crippen MR) is 245 cm³/mol. The second-order valence-electron chi connectivity index (χ2n) is 15.9. The molecule has 4 rings (SSSR count). The Morgan fingerprint density at radius 3 is 0.952 bits per heavy atom. The highest BCUT2D eigenvalue weighted by Gasteiger charge is 2.24.